The molecule has 0 spiro atoms. The minimum absolute atomic E-state index is 0.0626. The van der Waals surface area contributed by atoms with Crippen molar-refractivity contribution in [1.29, 1.82) is 0 Å². The molecule has 0 saturated carbocycles. The largest absolute Gasteiger partial charge is 0.482 e. The maximum atomic E-state index is 12.7. The lowest BCUT2D eigenvalue weighted by atomic mass is 10.0. The molecule has 0 saturated heterocycles. The molecule has 0 aliphatic rings. The number of aliphatic hydroxyl groups excluding tert-OH is 1. The normalized spacial score (nSPS) is 11.3. The highest BCUT2D eigenvalue weighted by Gasteiger charge is 2.23. The molecule has 35 heavy (non-hydrogen) atoms. The average molecular weight is 483 g/mol. The summed E-state index contributed by atoms with van der Waals surface area (Å²) in [4.78, 5) is 35.7. The first-order valence-corrected chi connectivity index (χ1v) is 10.5. The van der Waals surface area contributed by atoms with Gasteiger partial charge in [0.15, 0.2) is 13.2 Å². The van der Waals surface area contributed by atoms with Gasteiger partial charge in [-0.1, -0.05) is 30.3 Å². The first-order valence-electron chi connectivity index (χ1n) is 10.5. The van der Waals surface area contributed by atoms with E-state index in [2.05, 4.69) is 9.47 Å². The van der Waals surface area contributed by atoms with Crippen LogP contribution in [0.3, 0.4) is 0 Å². The third-order valence-corrected chi connectivity index (χ3v) is 4.90. The van der Waals surface area contributed by atoms with Crippen molar-refractivity contribution in [3.05, 3.63) is 83.7 Å². The highest BCUT2D eigenvalue weighted by molar-refractivity contribution is 5.73. The second kappa shape index (κ2) is 12.2. The highest BCUT2D eigenvalue weighted by atomic mass is 16.6. The number of carbonyl (C=O) groups is 3. The first-order chi connectivity index (χ1) is 16.9. The lowest BCUT2D eigenvalue weighted by Crippen LogP contribution is -2.19. The minimum atomic E-state index is -1.32. The molecule has 10 nitrogen and oxygen atoms in total. The summed E-state index contributed by atoms with van der Waals surface area (Å²) in [5, 5.41) is 11.1. The lowest BCUT2D eigenvalue weighted by molar-refractivity contribution is -0.143. The summed E-state index contributed by atoms with van der Waals surface area (Å²) >= 11 is 0. The molecule has 0 amide bonds. The van der Waals surface area contributed by atoms with E-state index in [0.717, 1.165) is 5.56 Å². The van der Waals surface area contributed by atoms with E-state index in [1.807, 2.05) is 30.3 Å². The maximum Gasteiger partial charge on any atom is 0.418 e. The first kappa shape index (κ1) is 25.3. The molecule has 2 aromatic carbocycles. The third-order valence-electron chi connectivity index (χ3n) is 4.90. The number of hydrogen-bond acceptors (Lipinski definition) is 9. The van der Waals surface area contributed by atoms with Crippen LogP contribution >= 0.6 is 0 Å². The number of aliphatic hydroxyl groups is 1. The molecule has 0 fully saturated rings. The smallest absolute Gasteiger partial charge is 0.418 e. The molecule has 184 valence electrons. The molecular weight excluding hydrogens is 458 g/mol. The topological polar surface area (TPSA) is 123 Å². The number of ether oxygens (including phenoxy) is 5. The van der Waals surface area contributed by atoms with E-state index in [9.17, 15) is 19.5 Å². The minimum Gasteiger partial charge on any atom is -0.482 e. The van der Waals surface area contributed by atoms with Crippen LogP contribution in [0.5, 0.6) is 11.5 Å². The molecule has 3 rings (SSSR count). The van der Waals surface area contributed by atoms with Crippen LogP contribution in [0.1, 0.15) is 22.9 Å². The fourth-order valence-corrected chi connectivity index (χ4v) is 3.08. The van der Waals surface area contributed by atoms with E-state index < -0.39 is 30.7 Å². The number of benzene rings is 2. The molecule has 10 heteroatoms. The Bertz CT molecular complexity index is 1160. The van der Waals surface area contributed by atoms with Crippen LogP contribution in [0.25, 0.3) is 0 Å². The highest BCUT2D eigenvalue weighted by Crippen LogP contribution is 2.33. The summed E-state index contributed by atoms with van der Waals surface area (Å²) in [7, 11) is 2.45. The van der Waals surface area contributed by atoms with Crippen molar-refractivity contribution in [2.75, 3.05) is 27.4 Å². The fourth-order valence-electron chi connectivity index (χ4n) is 3.08. The molecule has 0 bridgehead atoms. The van der Waals surface area contributed by atoms with Crippen LogP contribution in [-0.4, -0.2) is 55.1 Å². The van der Waals surface area contributed by atoms with Crippen molar-refractivity contribution >= 4 is 18.0 Å². The lowest BCUT2D eigenvalue weighted by Gasteiger charge is -2.18. The number of nitrogens with zero attached hydrogens (tertiary/aromatic N) is 1. The molecule has 0 aliphatic carbocycles. The Morgan fingerprint density at radius 3 is 2.26 bits per heavy atom. The average Bonchev–Trinajstić information content (AvgIpc) is 3.39. The zero-order valence-electron chi connectivity index (χ0n) is 19.2. The van der Waals surface area contributed by atoms with Crippen LogP contribution in [0, 0.1) is 0 Å². The van der Waals surface area contributed by atoms with Crippen molar-refractivity contribution in [3.63, 3.8) is 0 Å². The Morgan fingerprint density at radius 2 is 1.57 bits per heavy atom. The third kappa shape index (κ3) is 6.84. The van der Waals surface area contributed by atoms with E-state index in [0.29, 0.717) is 0 Å². The Labute approximate surface area is 201 Å². The molecular formula is C25H25NO9. The van der Waals surface area contributed by atoms with Gasteiger partial charge in [-0.2, -0.15) is 0 Å². The number of rotatable bonds is 10. The monoisotopic (exact) mass is 483 g/mol. The Morgan fingerprint density at radius 1 is 0.886 bits per heavy atom. The number of carbonyl (C=O) groups excluding carboxylic acids is 3. The van der Waals surface area contributed by atoms with Gasteiger partial charge in [0.05, 0.1) is 19.9 Å². The SMILES string of the molecule is COC(=O)COc1ccc(C(O)c2cccn2C(=O)OCc2ccccc2)c(OCC(=O)OC)c1. The van der Waals surface area contributed by atoms with Gasteiger partial charge in [-0.05, 0) is 29.8 Å². The molecule has 1 N–H and O–H groups in total. The standard InChI is InChI=1S/C25H25NO9/c1-31-22(27)15-33-18-10-11-19(21(13-18)34-16-23(28)32-2)24(29)20-9-6-12-26(20)25(30)35-14-17-7-4-3-5-8-17/h3-13,24,29H,14-16H2,1-2H3. The van der Waals surface area contributed by atoms with Gasteiger partial charge in [0.25, 0.3) is 0 Å². The number of hydrogen-bond donors (Lipinski definition) is 1. The zero-order chi connectivity index (χ0) is 25.2. The van der Waals surface area contributed by atoms with Gasteiger partial charge in [0, 0.05) is 17.8 Å². The summed E-state index contributed by atoms with van der Waals surface area (Å²) in [6, 6.07) is 16.7. The van der Waals surface area contributed by atoms with E-state index in [1.165, 1.54) is 43.2 Å². The Balaban J connectivity index is 1.82. The molecule has 1 atom stereocenters. The van der Waals surface area contributed by atoms with Crippen LogP contribution in [-0.2, 0) is 30.4 Å². The quantitative estimate of drug-likeness (QED) is 0.343. The summed E-state index contributed by atoms with van der Waals surface area (Å²) in [6.07, 6.45) is -0.533. The zero-order valence-corrected chi connectivity index (χ0v) is 19.2. The summed E-state index contributed by atoms with van der Waals surface area (Å²) < 4.78 is 26.6. The van der Waals surface area contributed by atoms with Gasteiger partial charge in [-0.25, -0.2) is 14.4 Å². The van der Waals surface area contributed by atoms with Crippen molar-refractivity contribution < 1.29 is 43.2 Å². The van der Waals surface area contributed by atoms with Crippen LogP contribution in [0.4, 0.5) is 4.79 Å². The van der Waals surface area contributed by atoms with E-state index in [4.69, 9.17) is 14.2 Å². The van der Waals surface area contributed by atoms with Crippen LogP contribution < -0.4 is 9.47 Å². The van der Waals surface area contributed by atoms with Crippen molar-refractivity contribution in [2.24, 2.45) is 0 Å². The molecule has 3 aromatic rings. The number of methoxy groups -OCH3 is 2. The molecule has 1 heterocycles. The predicted molar refractivity (Wildman–Crippen MR) is 122 cm³/mol. The van der Waals surface area contributed by atoms with Crippen molar-refractivity contribution in [3.8, 4) is 11.5 Å². The van der Waals surface area contributed by atoms with Gasteiger partial charge in [-0.3, -0.25) is 4.57 Å². The summed E-state index contributed by atoms with van der Waals surface area (Å²) in [6.45, 7) is -0.713. The van der Waals surface area contributed by atoms with Crippen molar-refractivity contribution in [2.45, 2.75) is 12.7 Å². The summed E-state index contributed by atoms with van der Waals surface area (Å²) in [5.74, 6) is -0.892. The van der Waals surface area contributed by atoms with Crippen molar-refractivity contribution in [1.82, 2.24) is 4.57 Å². The molecule has 1 aromatic heterocycles. The second-order valence-electron chi connectivity index (χ2n) is 7.18. The second-order valence-corrected chi connectivity index (χ2v) is 7.18. The molecule has 0 radical (unpaired) electrons. The van der Waals surface area contributed by atoms with E-state index in [1.54, 1.807) is 12.1 Å². The van der Waals surface area contributed by atoms with E-state index >= 15 is 0 Å². The Hall–Kier alpha value is -4.31. The predicted octanol–water partition coefficient (Wildman–Crippen LogP) is 2.86. The van der Waals surface area contributed by atoms with Gasteiger partial charge >= 0.3 is 18.0 Å². The van der Waals surface area contributed by atoms with Crippen LogP contribution in [0.15, 0.2) is 66.9 Å². The Kier molecular flexibility index (Phi) is 8.85. The number of esters is 2. The van der Waals surface area contributed by atoms with E-state index in [-0.39, 0.29) is 36.0 Å². The van der Waals surface area contributed by atoms with Gasteiger partial charge in [0.1, 0.15) is 24.2 Å². The number of aromatic nitrogens is 1. The maximum absolute atomic E-state index is 12.7. The van der Waals surface area contributed by atoms with Gasteiger partial charge in [0.2, 0.25) is 0 Å². The van der Waals surface area contributed by atoms with Gasteiger partial charge in [-0.15, -0.1) is 0 Å². The van der Waals surface area contributed by atoms with Crippen LogP contribution in [0.2, 0.25) is 0 Å². The fraction of sp³-hybridized carbons (Fsp3) is 0.240. The molecule has 1 unspecified atom stereocenters. The van der Waals surface area contributed by atoms with Gasteiger partial charge < -0.3 is 28.8 Å². The molecule has 0 aliphatic heterocycles. The summed E-state index contributed by atoms with van der Waals surface area (Å²) in [5.41, 5.74) is 1.28.